The van der Waals surface area contributed by atoms with Crippen molar-refractivity contribution in [2.75, 3.05) is 0 Å². The second-order valence-corrected chi connectivity index (χ2v) is 4.94. The Bertz CT molecular complexity index is 673. The zero-order valence-electron chi connectivity index (χ0n) is 9.98. The molecule has 0 saturated heterocycles. The van der Waals surface area contributed by atoms with Gasteiger partial charge in [-0.2, -0.15) is 0 Å². The van der Waals surface area contributed by atoms with Crippen molar-refractivity contribution in [1.82, 2.24) is 0 Å². The fourth-order valence-corrected chi connectivity index (χ4v) is 2.23. The first-order valence-electron chi connectivity index (χ1n) is 5.56. The Morgan fingerprint density at radius 1 is 1.10 bits per heavy atom. The van der Waals surface area contributed by atoms with Gasteiger partial charge in [-0.25, -0.2) is 9.18 Å². The molecular weight excluding hydrogens is 306 g/mol. The number of aliphatic hydroxyl groups excluding tert-OH is 1. The number of carboxylic acids is 1. The Balaban J connectivity index is 2.69. The molecule has 0 heterocycles. The lowest BCUT2D eigenvalue weighted by atomic mass is 9.96. The van der Waals surface area contributed by atoms with E-state index in [2.05, 4.69) is 0 Å². The number of hydrogen-bond donors (Lipinski definition) is 2. The molecule has 1 unspecified atom stereocenters. The molecule has 20 heavy (non-hydrogen) atoms. The maximum Gasteiger partial charge on any atom is 0.337 e. The van der Waals surface area contributed by atoms with Crippen LogP contribution in [-0.4, -0.2) is 16.2 Å². The van der Waals surface area contributed by atoms with Gasteiger partial charge in [-0.05, 0) is 41.5 Å². The molecule has 2 aromatic carbocycles. The highest BCUT2D eigenvalue weighted by atomic mass is 35.5. The van der Waals surface area contributed by atoms with Gasteiger partial charge >= 0.3 is 5.97 Å². The number of halogens is 3. The van der Waals surface area contributed by atoms with Gasteiger partial charge in [0.15, 0.2) is 6.10 Å². The summed E-state index contributed by atoms with van der Waals surface area (Å²) in [4.78, 5) is 10.9. The van der Waals surface area contributed by atoms with E-state index in [1.165, 1.54) is 18.2 Å². The molecule has 6 heteroatoms. The number of hydrogen-bond acceptors (Lipinski definition) is 2. The Labute approximate surface area is 124 Å². The molecule has 0 spiro atoms. The lowest BCUT2D eigenvalue weighted by molar-refractivity contribution is -0.146. The SMILES string of the molecule is O=C(O)C(O)c1ccc(F)cc1-c1cc(Cl)ccc1Cl. The first kappa shape index (κ1) is 14.8. The van der Waals surface area contributed by atoms with Crippen LogP contribution in [0, 0.1) is 5.82 Å². The van der Waals surface area contributed by atoms with E-state index >= 15 is 0 Å². The fraction of sp³-hybridized carbons (Fsp3) is 0.0714. The summed E-state index contributed by atoms with van der Waals surface area (Å²) in [6.45, 7) is 0. The summed E-state index contributed by atoms with van der Waals surface area (Å²) in [5, 5.41) is 19.2. The largest absolute Gasteiger partial charge is 0.479 e. The van der Waals surface area contributed by atoms with Crippen LogP contribution in [0.25, 0.3) is 11.1 Å². The third-order valence-electron chi connectivity index (χ3n) is 2.76. The quantitative estimate of drug-likeness (QED) is 0.902. The van der Waals surface area contributed by atoms with E-state index < -0.39 is 17.9 Å². The van der Waals surface area contributed by atoms with Gasteiger partial charge < -0.3 is 10.2 Å². The predicted molar refractivity (Wildman–Crippen MR) is 74.5 cm³/mol. The molecule has 0 saturated carbocycles. The summed E-state index contributed by atoms with van der Waals surface area (Å²) >= 11 is 11.9. The third kappa shape index (κ3) is 2.93. The molecule has 2 N–H and O–H groups in total. The summed E-state index contributed by atoms with van der Waals surface area (Å²) in [7, 11) is 0. The molecule has 2 rings (SSSR count). The highest BCUT2D eigenvalue weighted by Crippen LogP contribution is 2.35. The van der Waals surface area contributed by atoms with Crippen molar-refractivity contribution in [2.24, 2.45) is 0 Å². The molecule has 104 valence electrons. The van der Waals surface area contributed by atoms with Gasteiger partial charge in [-0.15, -0.1) is 0 Å². The van der Waals surface area contributed by atoms with Crippen molar-refractivity contribution in [1.29, 1.82) is 0 Å². The van der Waals surface area contributed by atoms with Crippen molar-refractivity contribution in [3.8, 4) is 11.1 Å². The van der Waals surface area contributed by atoms with E-state index in [0.29, 0.717) is 10.6 Å². The highest BCUT2D eigenvalue weighted by Gasteiger charge is 2.21. The molecule has 0 fully saturated rings. The number of rotatable bonds is 3. The van der Waals surface area contributed by atoms with Crippen LogP contribution < -0.4 is 0 Å². The first-order valence-corrected chi connectivity index (χ1v) is 6.31. The molecule has 2 aromatic rings. The van der Waals surface area contributed by atoms with Gasteiger partial charge in [0, 0.05) is 15.6 Å². The first-order chi connectivity index (χ1) is 9.40. The lowest BCUT2D eigenvalue weighted by Crippen LogP contribution is -2.11. The van der Waals surface area contributed by atoms with Gasteiger partial charge in [0.05, 0.1) is 0 Å². The minimum atomic E-state index is -1.78. The number of benzene rings is 2. The van der Waals surface area contributed by atoms with Crippen molar-refractivity contribution in [3.05, 3.63) is 57.8 Å². The van der Waals surface area contributed by atoms with Crippen LogP contribution in [0.3, 0.4) is 0 Å². The fourth-order valence-electron chi connectivity index (χ4n) is 1.84. The van der Waals surface area contributed by atoms with Crippen LogP contribution in [0.5, 0.6) is 0 Å². The van der Waals surface area contributed by atoms with E-state index in [1.807, 2.05) is 0 Å². The molecule has 1 atom stereocenters. The highest BCUT2D eigenvalue weighted by molar-refractivity contribution is 6.35. The van der Waals surface area contributed by atoms with E-state index in [1.54, 1.807) is 6.07 Å². The van der Waals surface area contributed by atoms with Crippen molar-refractivity contribution in [3.63, 3.8) is 0 Å². The molecule has 0 bridgehead atoms. The van der Waals surface area contributed by atoms with Crippen molar-refractivity contribution < 1.29 is 19.4 Å². The molecule has 0 aliphatic heterocycles. The second-order valence-electron chi connectivity index (χ2n) is 4.10. The minimum absolute atomic E-state index is 0.0445. The number of carboxylic acid groups (broad SMARTS) is 1. The van der Waals surface area contributed by atoms with Crippen molar-refractivity contribution >= 4 is 29.2 Å². The van der Waals surface area contributed by atoms with E-state index in [4.69, 9.17) is 28.3 Å². The molecule has 0 aliphatic rings. The number of aliphatic carboxylic acids is 1. The van der Waals surface area contributed by atoms with Gasteiger partial charge in [0.25, 0.3) is 0 Å². The number of carbonyl (C=O) groups is 1. The van der Waals surface area contributed by atoms with Gasteiger partial charge in [-0.1, -0.05) is 29.3 Å². The van der Waals surface area contributed by atoms with Gasteiger partial charge in [-0.3, -0.25) is 0 Å². The normalized spacial score (nSPS) is 12.2. The van der Waals surface area contributed by atoms with E-state index in [-0.39, 0.29) is 16.1 Å². The molecule has 0 amide bonds. The van der Waals surface area contributed by atoms with Gasteiger partial charge in [0.1, 0.15) is 5.82 Å². The zero-order chi connectivity index (χ0) is 14.9. The molecule has 3 nitrogen and oxygen atoms in total. The van der Waals surface area contributed by atoms with Crippen LogP contribution in [0.1, 0.15) is 11.7 Å². The van der Waals surface area contributed by atoms with E-state index in [0.717, 1.165) is 12.1 Å². The second kappa shape index (κ2) is 5.79. The molecular formula is C14H9Cl2FO3. The Kier molecular flexibility index (Phi) is 4.28. The standard InChI is InChI=1S/C14H9Cl2FO3/c15-7-1-4-12(16)11(5-7)10-6-8(17)2-3-9(10)13(18)14(19)20/h1-6,13,18H,(H,19,20). The summed E-state index contributed by atoms with van der Waals surface area (Å²) in [6.07, 6.45) is -1.78. The smallest absolute Gasteiger partial charge is 0.337 e. The van der Waals surface area contributed by atoms with Gasteiger partial charge in [0.2, 0.25) is 0 Å². The van der Waals surface area contributed by atoms with Crippen molar-refractivity contribution in [2.45, 2.75) is 6.10 Å². The average Bonchev–Trinajstić information content (AvgIpc) is 2.40. The zero-order valence-corrected chi connectivity index (χ0v) is 11.5. The Hall–Kier alpha value is -1.62. The molecule has 0 radical (unpaired) electrons. The Morgan fingerprint density at radius 3 is 2.45 bits per heavy atom. The van der Waals surface area contributed by atoms with Crippen LogP contribution in [0.2, 0.25) is 10.0 Å². The lowest BCUT2D eigenvalue weighted by Gasteiger charge is -2.14. The minimum Gasteiger partial charge on any atom is -0.479 e. The Morgan fingerprint density at radius 2 is 1.80 bits per heavy atom. The average molecular weight is 315 g/mol. The number of aliphatic hydroxyl groups is 1. The molecule has 0 aromatic heterocycles. The summed E-state index contributed by atoms with van der Waals surface area (Å²) in [5.41, 5.74) is 0.587. The van der Waals surface area contributed by atoms with Crippen LogP contribution in [0.15, 0.2) is 36.4 Å². The summed E-state index contributed by atoms with van der Waals surface area (Å²) < 4.78 is 13.4. The third-order valence-corrected chi connectivity index (χ3v) is 3.33. The van der Waals surface area contributed by atoms with Crippen LogP contribution in [-0.2, 0) is 4.79 Å². The monoisotopic (exact) mass is 314 g/mol. The van der Waals surface area contributed by atoms with E-state index in [9.17, 15) is 14.3 Å². The predicted octanol–water partition coefficient (Wildman–Crippen LogP) is 3.92. The summed E-state index contributed by atoms with van der Waals surface area (Å²) in [5.74, 6) is -2.01. The maximum atomic E-state index is 13.4. The maximum absolute atomic E-state index is 13.4. The van der Waals surface area contributed by atoms with Crippen LogP contribution >= 0.6 is 23.2 Å². The molecule has 0 aliphatic carbocycles. The van der Waals surface area contributed by atoms with Crippen LogP contribution in [0.4, 0.5) is 4.39 Å². The summed E-state index contributed by atoms with van der Waals surface area (Å²) in [6, 6.07) is 7.95. The topological polar surface area (TPSA) is 57.5 Å².